The van der Waals surface area contributed by atoms with Crippen LogP contribution in [0.5, 0.6) is 0 Å². The first kappa shape index (κ1) is 13.3. The second-order valence-electron chi connectivity index (χ2n) is 4.95. The van der Waals surface area contributed by atoms with Crippen molar-refractivity contribution in [2.45, 2.75) is 32.9 Å². The first-order chi connectivity index (χ1) is 9.70. The van der Waals surface area contributed by atoms with Crippen molar-refractivity contribution in [2.24, 2.45) is 0 Å². The topological polar surface area (TPSA) is 38.0 Å². The van der Waals surface area contributed by atoms with E-state index in [0.717, 1.165) is 33.8 Å². The second-order valence-corrected chi connectivity index (χ2v) is 5.90. The number of para-hydroxylation sites is 2. The van der Waals surface area contributed by atoms with Gasteiger partial charge in [0.2, 0.25) is 0 Å². The van der Waals surface area contributed by atoms with Gasteiger partial charge in [0.1, 0.15) is 5.82 Å². The number of fused-ring (bicyclic) bond motifs is 1. The first-order valence-electron chi connectivity index (χ1n) is 6.87. The van der Waals surface area contributed by atoms with Crippen molar-refractivity contribution in [2.75, 3.05) is 0 Å². The molecule has 3 nitrogen and oxygen atoms in total. The molecule has 1 N–H and O–H groups in total. The van der Waals surface area contributed by atoms with E-state index in [9.17, 15) is 5.11 Å². The Morgan fingerprint density at radius 3 is 2.80 bits per heavy atom. The molecule has 3 rings (SSSR count). The lowest BCUT2D eigenvalue weighted by Gasteiger charge is -2.11. The van der Waals surface area contributed by atoms with Gasteiger partial charge in [0.25, 0.3) is 0 Å². The van der Waals surface area contributed by atoms with Crippen LogP contribution in [0.4, 0.5) is 0 Å². The third-order valence-electron chi connectivity index (χ3n) is 3.63. The van der Waals surface area contributed by atoms with Gasteiger partial charge in [-0.25, -0.2) is 4.98 Å². The van der Waals surface area contributed by atoms with E-state index in [4.69, 9.17) is 0 Å². The molecule has 1 atom stereocenters. The zero-order valence-corrected chi connectivity index (χ0v) is 12.5. The number of aromatic nitrogens is 2. The Morgan fingerprint density at radius 1 is 1.30 bits per heavy atom. The Bertz CT molecular complexity index is 729. The van der Waals surface area contributed by atoms with Gasteiger partial charge >= 0.3 is 0 Å². The molecule has 2 heterocycles. The minimum atomic E-state index is -0.475. The number of hydrogen-bond donors (Lipinski definition) is 1. The van der Waals surface area contributed by atoms with Crippen LogP contribution in [-0.2, 0) is 13.0 Å². The molecule has 3 aromatic rings. The SMILES string of the molecule is CCn1c(CC(O)c2sccc2C)nc2ccccc21. The predicted octanol–water partition coefficient (Wildman–Crippen LogP) is 3.70. The van der Waals surface area contributed by atoms with Gasteiger partial charge in [0.15, 0.2) is 0 Å². The maximum absolute atomic E-state index is 10.4. The first-order valence-corrected chi connectivity index (χ1v) is 7.75. The minimum absolute atomic E-state index is 0.475. The molecule has 20 heavy (non-hydrogen) atoms. The fraction of sp³-hybridized carbons (Fsp3) is 0.312. The summed E-state index contributed by atoms with van der Waals surface area (Å²) in [6, 6.07) is 10.2. The van der Waals surface area contributed by atoms with Crippen LogP contribution >= 0.6 is 11.3 Å². The molecule has 0 saturated heterocycles. The number of imidazole rings is 1. The summed E-state index contributed by atoms with van der Waals surface area (Å²) in [5, 5.41) is 12.5. The van der Waals surface area contributed by atoms with E-state index in [0.29, 0.717) is 6.42 Å². The number of aliphatic hydroxyl groups is 1. The Balaban J connectivity index is 1.96. The highest BCUT2D eigenvalue weighted by molar-refractivity contribution is 7.10. The highest BCUT2D eigenvalue weighted by Crippen LogP contribution is 2.27. The minimum Gasteiger partial charge on any atom is -0.387 e. The van der Waals surface area contributed by atoms with Gasteiger partial charge in [-0.15, -0.1) is 11.3 Å². The monoisotopic (exact) mass is 286 g/mol. The summed E-state index contributed by atoms with van der Waals surface area (Å²) < 4.78 is 2.18. The van der Waals surface area contributed by atoms with Crippen LogP contribution in [-0.4, -0.2) is 14.7 Å². The molecule has 4 heteroatoms. The molecule has 0 radical (unpaired) electrons. The Kier molecular flexibility index (Phi) is 3.59. The van der Waals surface area contributed by atoms with Gasteiger partial charge in [0.05, 0.1) is 17.1 Å². The van der Waals surface area contributed by atoms with E-state index in [1.165, 1.54) is 0 Å². The number of thiophene rings is 1. The largest absolute Gasteiger partial charge is 0.387 e. The maximum Gasteiger partial charge on any atom is 0.112 e. The standard InChI is InChI=1S/C16H18N2OS/c1-3-18-13-7-5-4-6-12(13)17-15(18)10-14(19)16-11(2)8-9-20-16/h4-9,14,19H,3,10H2,1-2H3. The van der Waals surface area contributed by atoms with Crippen molar-refractivity contribution in [1.29, 1.82) is 0 Å². The molecular formula is C16H18N2OS. The summed E-state index contributed by atoms with van der Waals surface area (Å²) in [7, 11) is 0. The van der Waals surface area contributed by atoms with Crippen LogP contribution in [0.25, 0.3) is 11.0 Å². The Labute approximate surface area is 122 Å². The third kappa shape index (κ3) is 2.25. The van der Waals surface area contributed by atoms with E-state index < -0.39 is 6.10 Å². The van der Waals surface area contributed by atoms with Gasteiger partial charge in [-0.3, -0.25) is 0 Å². The Morgan fingerprint density at radius 2 is 2.10 bits per heavy atom. The van der Waals surface area contributed by atoms with Crippen LogP contribution in [0.2, 0.25) is 0 Å². The van der Waals surface area contributed by atoms with Crippen molar-refractivity contribution in [3.05, 3.63) is 52.0 Å². The lowest BCUT2D eigenvalue weighted by molar-refractivity contribution is 0.178. The van der Waals surface area contributed by atoms with Crippen LogP contribution in [0.1, 0.15) is 29.3 Å². The van der Waals surface area contributed by atoms with Gasteiger partial charge < -0.3 is 9.67 Å². The van der Waals surface area contributed by atoms with Crippen molar-refractivity contribution in [3.8, 4) is 0 Å². The number of nitrogens with zero attached hydrogens (tertiary/aromatic N) is 2. The molecule has 1 unspecified atom stereocenters. The average Bonchev–Trinajstić information content (AvgIpc) is 3.01. The highest BCUT2D eigenvalue weighted by Gasteiger charge is 2.17. The van der Waals surface area contributed by atoms with Gasteiger partial charge in [0, 0.05) is 17.8 Å². The number of benzene rings is 1. The summed E-state index contributed by atoms with van der Waals surface area (Å²) in [5.41, 5.74) is 3.29. The molecule has 1 aromatic carbocycles. The second kappa shape index (κ2) is 5.38. The summed E-state index contributed by atoms with van der Waals surface area (Å²) in [6.07, 6.45) is 0.0845. The molecule has 0 aliphatic heterocycles. The van der Waals surface area contributed by atoms with E-state index in [1.54, 1.807) is 11.3 Å². The molecule has 0 amide bonds. The van der Waals surface area contributed by atoms with Gasteiger partial charge in [-0.2, -0.15) is 0 Å². The molecule has 0 fully saturated rings. The molecule has 2 aromatic heterocycles. The predicted molar refractivity (Wildman–Crippen MR) is 83.1 cm³/mol. The zero-order valence-electron chi connectivity index (χ0n) is 11.7. The molecule has 0 spiro atoms. The smallest absolute Gasteiger partial charge is 0.112 e. The molecule has 0 saturated carbocycles. The normalized spacial score (nSPS) is 12.9. The van der Waals surface area contributed by atoms with Crippen LogP contribution in [0, 0.1) is 6.92 Å². The van der Waals surface area contributed by atoms with E-state index in [-0.39, 0.29) is 0 Å². The fourth-order valence-electron chi connectivity index (χ4n) is 2.63. The van der Waals surface area contributed by atoms with Crippen molar-refractivity contribution in [1.82, 2.24) is 9.55 Å². The fourth-order valence-corrected chi connectivity index (χ4v) is 3.54. The van der Waals surface area contributed by atoms with Crippen molar-refractivity contribution >= 4 is 22.4 Å². The summed E-state index contributed by atoms with van der Waals surface area (Å²) in [6.45, 7) is 5.02. The molecule has 104 valence electrons. The van der Waals surface area contributed by atoms with Crippen molar-refractivity contribution < 1.29 is 5.11 Å². The maximum atomic E-state index is 10.4. The van der Waals surface area contributed by atoms with Crippen molar-refractivity contribution in [3.63, 3.8) is 0 Å². The third-order valence-corrected chi connectivity index (χ3v) is 4.75. The lowest BCUT2D eigenvalue weighted by atomic mass is 10.1. The number of aliphatic hydroxyl groups excluding tert-OH is 1. The lowest BCUT2D eigenvalue weighted by Crippen LogP contribution is -2.08. The molecule has 0 aliphatic carbocycles. The number of hydrogen-bond acceptors (Lipinski definition) is 3. The van der Waals surface area contributed by atoms with Crippen LogP contribution in [0.3, 0.4) is 0 Å². The van der Waals surface area contributed by atoms with Gasteiger partial charge in [-0.05, 0) is 43.0 Å². The number of rotatable bonds is 4. The van der Waals surface area contributed by atoms with Crippen LogP contribution < -0.4 is 0 Å². The Hall–Kier alpha value is -1.65. The van der Waals surface area contributed by atoms with Gasteiger partial charge in [-0.1, -0.05) is 12.1 Å². The zero-order chi connectivity index (χ0) is 14.1. The average molecular weight is 286 g/mol. The molecular weight excluding hydrogens is 268 g/mol. The summed E-state index contributed by atoms with van der Waals surface area (Å²) in [4.78, 5) is 5.71. The van der Waals surface area contributed by atoms with E-state index >= 15 is 0 Å². The highest BCUT2D eigenvalue weighted by atomic mass is 32.1. The van der Waals surface area contributed by atoms with E-state index in [1.807, 2.05) is 36.6 Å². The molecule has 0 bridgehead atoms. The van der Waals surface area contributed by atoms with Crippen LogP contribution in [0.15, 0.2) is 35.7 Å². The number of aryl methyl sites for hydroxylation is 2. The summed E-state index contributed by atoms with van der Waals surface area (Å²) in [5.74, 6) is 0.953. The van der Waals surface area contributed by atoms with E-state index in [2.05, 4.69) is 22.5 Å². The molecule has 0 aliphatic rings. The quantitative estimate of drug-likeness (QED) is 0.794. The summed E-state index contributed by atoms with van der Waals surface area (Å²) >= 11 is 1.61.